The van der Waals surface area contributed by atoms with Gasteiger partial charge in [-0.25, -0.2) is 23.9 Å². The summed E-state index contributed by atoms with van der Waals surface area (Å²) in [5, 5.41) is 10.7. The maximum absolute atomic E-state index is 15.1. The van der Waals surface area contributed by atoms with Crippen molar-refractivity contribution in [3.05, 3.63) is 72.7 Å². The number of anilines is 3. The summed E-state index contributed by atoms with van der Waals surface area (Å²) in [6.07, 6.45) is 7.76. The van der Waals surface area contributed by atoms with Crippen molar-refractivity contribution in [2.45, 2.75) is 25.8 Å². The molecule has 2 N–H and O–H groups in total. The number of aryl methyl sites for hydroxylation is 1. The number of hydrogen-bond donors (Lipinski definition) is 2. The summed E-state index contributed by atoms with van der Waals surface area (Å²) in [6, 6.07) is 10.4. The molecule has 3 aromatic heterocycles. The van der Waals surface area contributed by atoms with E-state index in [2.05, 4.69) is 30.7 Å². The van der Waals surface area contributed by atoms with Crippen LogP contribution >= 0.6 is 0 Å². The number of pyridine rings is 1. The third-order valence-electron chi connectivity index (χ3n) is 7.89. The lowest BCUT2D eigenvalue weighted by molar-refractivity contribution is -0.114. The van der Waals surface area contributed by atoms with Gasteiger partial charge in [0.2, 0.25) is 0 Å². The number of rotatable bonds is 12. The molecule has 1 amide bonds. The minimum atomic E-state index is -0.872. The maximum atomic E-state index is 15.1. The van der Waals surface area contributed by atoms with Gasteiger partial charge in [0.25, 0.3) is 5.91 Å². The van der Waals surface area contributed by atoms with Gasteiger partial charge in [0.05, 0.1) is 30.6 Å². The summed E-state index contributed by atoms with van der Waals surface area (Å²) < 4.78 is 39.6. The number of nitrogens with zero attached hydrogens (tertiary/aromatic N) is 6. The molecule has 244 valence electrons. The lowest BCUT2D eigenvalue weighted by Gasteiger charge is -2.18. The predicted molar refractivity (Wildman–Crippen MR) is 174 cm³/mol. The molecule has 0 spiro atoms. The number of benzene rings is 2. The summed E-state index contributed by atoms with van der Waals surface area (Å²) in [7, 11) is 5.03. The second-order valence-electron chi connectivity index (χ2n) is 11.1. The molecule has 2 aromatic carbocycles. The molecule has 0 aliphatic carbocycles. The van der Waals surface area contributed by atoms with Crippen molar-refractivity contribution in [2.75, 3.05) is 51.7 Å². The minimum absolute atomic E-state index is 0.133. The lowest BCUT2D eigenvalue weighted by Crippen LogP contribution is -2.24. The van der Waals surface area contributed by atoms with E-state index in [0.29, 0.717) is 57.7 Å². The topological polar surface area (TPSA) is 137 Å². The van der Waals surface area contributed by atoms with Crippen molar-refractivity contribution in [3.8, 4) is 23.0 Å². The Balaban J connectivity index is 1.30. The SMILES string of the molecule is COCCOc1cc2ncnc(Nc3cc(C)c(Oc4ccn5ncnc5c4)cc3OC)c2cc1NC(=O)/C(F)=C/[C@H]1CCCN1C. The molecule has 1 atom stereocenters. The van der Waals surface area contributed by atoms with E-state index in [4.69, 9.17) is 18.9 Å². The van der Waals surface area contributed by atoms with Crippen LogP contribution in [-0.2, 0) is 9.53 Å². The Labute approximate surface area is 270 Å². The van der Waals surface area contributed by atoms with Gasteiger partial charge in [-0.2, -0.15) is 5.10 Å². The van der Waals surface area contributed by atoms with Gasteiger partial charge in [-0.3, -0.25) is 9.69 Å². The highest BCUT2D eigenvalue weighted by Crippen LogP contribution is 2.39. The molecule has 1 aliphatic rings. The van der Waals surface area contributed by atoms with Gasteiger partial charge in [-0.1, -0.05) is 0 Å². The number of likely N-dealkylation sites (tertiary alicyclic amines) is 1. The highest BCUT2D eigenvalue weighted by molar-refractivity contribution is 6.05. The molecule has 0 radical (unpaired) electrons. The largest absolute Gasteiger partial charge is 0.494 e. The van der Waals surface area contributed by atoms with Crippen molar-refractivity contribution in [1.29, 1.82) is 0 Å². The Morgan fingerprint density at radius 2 is 1.91 bits per heavy atom. The smallest absolute Gasteiger partial charge is 0.284 e. The highest BCUT2D eigenvalue weighted by Gasteiger charge is 2.23. The number of ether oxygens (including phenoxy) is 4. The molecular formula is C33H35FN8O5. The van der Waals surface area contributed by atoms with Crippen LogP contribution in [0.4, 0.5) is 21.6 Å². The fraction of sp³-hybridized carbons (Fsp3) is 0.303. The number of amides is 1. The number of carbonyl (C=O) groups excluding carboxylic acids is 1. The normalized spacial score (nSPS) is 15.3. The zero-order valence-electron chi connectivity index (χ0n) is 26.5. The Morgan fingerprint density at radius 3 is 2.70 bits per heavy atom. The van der Waals surface area contributed by atoms with Crippen molar-refractivity contribution >= 4 is 39.6 Å². The zero-order valence-corrected chi connectivity index (χ0v) is 26.5. The van der Waals surface area contributed by atoms with Crippen LogP contribution in [0.15, 0.2) is 67.2 Å². The standard InChI is InChI=1S/C33H35FN8O5/c1-20-12-26(29(45-4)17-28(20)47-22-7-9-42-31(14-22)36-19-38-42)39-32-23-15-27(30(46-11-10-44-3)16-25(23)35-18-37-32)40-33(43)24(34)13-21-6-5-8-41(21)2/h7,9,12-19,21H,5-6,8,10-11H2,1-4H3,(H,40,43)(H,35,37,39)/b24-13-/t21-/m1/s1. The molecule has 0 bridgehead atoms. The Bertz CT molecular complexity index is 1950. The van der Waals surface area contributed by atoms with Crippen LogP contribution in [0.2, 0.25) is 0 Å². The first-order valence-electron chi connectivity index (χ1n) is 15.0. The summed E-state index contributed by atoms with van der Waals surface area (Å²) in [5.41, 5.74) is 2.90. The van der Waals surface area contributed by atoms with E-state index in [1.54, 1.807) is 55.3 Å². The second kappa shape index (κ2) is 14.0. The van der Waals surface area contributed by atoms with Crippen LogP contribution in [0.1, 0.15) is 18.4 Å². The minimum Gasteiger partial charge on any atom is -0.494 e. The summed E-state index contributed by atoms with van der Waals surface area (Å²) >= 11 is 0. The van der Waals surface area contributed by atoms with Gasteiger partial charge in [-0.05, 0) is 63.2 Å². The first kappa shape index (κ1) is 31.6. The van der Waals surface area contributed by atoms with Gasteiger partial charge in [-0.15, -0.1) is 0 Å². The summed E-state index contributed by atoms with van der Waals surface area (Å²) in [5.74, 6) is 0.696. The molecule has 1 saturated heterocycles. The monoisotopic (exact) mass is 642 g/mol. The number of hydrogen-bond acceptors (Lipinski definition) is 11. The third kappa shape index (κ3) is 7.08. The van der Waals surface area contributed by atoms with Gasteiger partial charge in [0, 0.05) is 42.9 Å². The average molecular weight is 643 g/mol. The number of carbonyl (C=O) groups is 1. The molecular weight excluding hydrogens is 607 g/mol. The maximum Gasteiger partial charge on any atom is 0.284 e. The van der Waals surface area contributed by atoms with E-state index < -0.39 is 11.7 Å². The molecule has 0 saturated carbocycles. The molecule has 1 fully saturated rings. The van der Waals surface area contributed by atoms with Crippen LogP contribution in [0.3, 0.4) is 0 Å². The van der Waals surface area contributed by atoms with E-state index in [1.807, 2.05) is 24.9 Å². The quantitative estimate of drug-likeness (QED) is 0.133. The number of likely N-dealkylation sites (N-methyl/N-ethyl adjacent to an activating group) is 1. The van der Waals surface area contributed by atoms with Gasteiger partial charge in [0.1, 0.15) is 48.1 Å². The highest BCUT2D eigenvalue weighted by atomic mass is 19.1. The van der Waals surface area contributed by atoms with E-state index >= 15 is 4.39 Å². The van der Waals surface area contributed by atoms with E-state index in [-0.39, 0.29) is 18.3 Å². The van der Waals surface area contributed by atoms with Crippen molar-refractivity contribution in [3.63, 3.8) is 0 Å². The Morgan fingerprint density at radius 1 is 1.04 bits per heavy atom. The van der Waals surface area contributed by atoms with Gasteiger partial charge in [0.15, 0.2) is 11.5 Å². The summed E-state index contributed by atoms with van der Waals surface area (Å²) in [6.45, 7) is 3.30. The number of halogens is 1. The van der Waals surface area contributed by atoms with Gasteiger partial charge >= 0.3 is 0 Å². The molecule has 13 nitrogen and oxygen atoms in total. The number of methoxy groups -OCH3 is 2. The molecule has 47 heavy (non-hydrogen) atoms. The Kier molecular flexibility index (Phi) is 9.40. The fourth-order valence-corrected chi connectivity index (χ4v) is 5.37. The zero-order chi connectivity index (χ0) is 32.9. The number of aromatic nitrogens is 5. The summed E-state index contributed by atoms with van der Waals surface area (Å²) in [4.78, 5) is 28.1. The first-order valence-corrected chi connectivity index (χ1v) is 15.0. The van der Waals surface area contributed by atoms with Crippen LogP contribution in [0.25, 0.3) is 16.6 Å². The molecule has 1 aliphatic heterocycles. The van der Waals surface area contributed by atoms with Crippen molar-refractivity contribution in [1.82, 2.24) is 29.5 Å². The van der Waals surface area contributed by atoms with Crippen LogP contribution in [0, 0.1) is 6.92 Å². The molecule has 6 rings (SSSR count). The van der Waals surface area contributed by atoms with Crippen molar-refractivity contribution in [2.24, 2.45) is 0 Å². The number of nitrogens with one attached hydrogen (secondary N) is 2. The molecule has 4 heterocycles. The van der Waals surface area contributed by atoms with Crippen LogP contribution < -0.4 is 24.8 Å². The predicted octanol–water partition coefficient (Wildman–Crippen LogP) is 5.44. The molecule has 0 unspecified atom stereocenters. The van der Waals surface area contributed by atoms with Crippen LogP contribution in [0.5, 0.6) is 23.0 Å². The van der Waals surface area contributed by atoms with Crippen LogP contribution in [-0.4, -0.2) is 82.4 Å². The van der Waals surface area contributed by atoms with E-state index in [1.165, 1.54) is 18.7 Å². The molecule has 14 heteroatoms. The third-order valence-corrected chi connectivity index (χ3v) is 7.89. The first-order chi connectivity index (χ1) is 22.8. The number of fused-ring (bicyclic) bond motifs is 2. The second-order valence-corrected chi connectivity index (χ2v) is 11.1. The fourth-order valence-electron chi connectivity index (χ4n) is 5.37. The van der Waals surface area contributed by atoms with E-state index in [9.17, 15) is 4.79 Å². The van der Waals surface area contributed by atoms with Crippen molar-refractivity contribution < 1.29 is 28.1 Å². The molecule has 5 aromatic rings. The lowest BCUT2D eigenvalue weighted by atomic mass is 10.1. The Hall–Kier alpha value is -5.34. The van der Waals surface area contributed by atoms with Gasteiger partial charge < -0.3 is 29.6 Å². The van der Waals surface area contributed by atoms with E-state index in [0.717, 1.165) is 24.9 Å². The average Bonchev–Trinajstić information content (AvgIpc) is 3.70.